The lowest BCUT2D eigenvalue weighted by molar-refractivity contribution is -0.0796. The Bertz CT molecular complexity index is 1290. The van der Waals surface area contributed by atoms with Crippen molar-refractivity contribution in [2.24, 2.45) is 29.6 Å². The number of aromatic nitrogens is 2. The summed E-state index contributed by atoms with van der Waals surface area (Å²) < 4.78 is 13.5. The molecule has 208 valence electrons. The molecule has 0 unspecified atom stereocenters. The van der Waals surface area contributed by atoms with Gasteiger partial charge in [-0.1, -0.05) is 32.9 Å². The molecule has 4 bridgehead atoms. The number of aryl methyl sites for hydroxylation is 1. The summed E-state index contributed by atoms with van der Waals surface area (Å²) in [5.41, 5.74) is 1.68. The molecular weight excluding hydrogens is 497 g/mol. The van der Waals surface area contributed by atoms with Crippen molar-refractivity contribution in [3.63, 3.8) is 0 Å². The standard InChI is InChI=1S/C30H44N3O4P/c1-18-8-9-23-16-25(17-29(18)32(23)24-14-21-12-19(2)20(3)22(13-21)15-24)33-28-7-5-4-6-26(28)31-27(30(33)34)10-11-38(35,36)37/h4-7,18-25,29H,8-17H2,1-3H3,(H2,35,36,37)/t18-,19-,20-,21-,22+,23+,24+,25-,29+/m1/s1. The largest absolute Gasteiger partial charge is 0.325 e. The van der Waals surface area contributed by atoms with Crippen LogP contribution in [0, 0.1) is 29.6 Å². The summed E-state index contributed by atoms with van der Waals surface area (Å²) in [7, 11) is -4.22. The molecule has 1 aromatic heterocycles. The van der Waals surface area contributed by atoms with Gasteiger partial charge < -0.3 is 14.4 Å². The van der Waals surface area contributed by atoms with Crippen molar-refractivity contribution >= 4 is 18.6 Å². The maximum atomic E-state index is 13.8. The molecule has 0 radical (unpaired) electrons. The maximum absolute atomic E-state index is 13.8. The molecule has 2 saturated carbocycles. The van der Waals surface area contributed by atoms with E-state index in [0.29, 0.717) is 24.0 Å². The molecule has 2 aliphatic heterocycles. The van der Waals surface area contributed by atoms with Gasteiger partial charge in [0, 0.05) is 30.6 Å². The van der Waals surface area contributed by atoms with Gasteiger partial charge in [-0.15, -0.1) is 0 Å². The summed E-state index contributed by atoms with van der Waals surface area (Å²) in [6.07, 6.45) is 9.48. The Morgan fingerprint density at radius 1 is 0.921 bits per heavy atom. The first-order chi connectivity index (χ1) is 18.1. The van der Waals surface area contributed by atoms with Crippen LogP contribution in [0.5, 0.6) is 0 Å². The predicted octanol–water partition coefficient (Wildman–Crippen LogP) is 5.38. The SMILES string of the molecule is C[C@H]1[C@H]2C[C@H](C[C@H](N3[C@H]4CC[C@@H](C)[C@@H]3C[C@H](n3c(=O)c(CCP(=O)(O)O)nc5ccccc53)C4)C2)C[C@H]1C. The normalized spacial score (nSPS) is 37.9. The van der Waals surface area contributed by atoms with Gasteiger partial charge in [0.25, 0.3) is 5.56 Å². The third-order valence-electron chi connectivity index (χ3n) is 10.9. The van der Waals surface area contributed by atoms with Gasteiger partial charge in [-0.3, -0.25) is 14.3 Å². The average molecular weight is 542 g/mol. The highest BCUT2D eigenvalue weighted by atomic mass is 31.2. The van der Waals surface area contributed by atoms with Gasteiger partial charge in [0.05, 0.1) is 17.2 Å². The molecule has 8 heteroatoms. The van der Waals surface area contributed by atoms with Crippen molar-refractivity contribution in [3.8, 4) is 0 Å². The van der Waals surface area contributed by atoms with E-state index in [-0.39, 0.29) is 29.9 Å². The third kappa shape index (κ3) is 4.93. The van der Waals surface area contributed by atoms with E-state index in [4.69, 9.17) is 0 Å². The van der Waals surface area contributed by atoms with E-state index < -0.39 is 7.60 Å². The molecule has 3 heterocycles. The maximum Gasteiger partial charge on any atom is 0.325 e. The Kier molecular flexibility index (Phi) is 7.12. The summed E-state index contributed by atoms with van der Waals surface area (Å²) in [6.45, 7) is 7.34. The molecule has 0 spiro atoms. The number of piperidine rings is 2. The van der Waals surface area contributed by atoms with Crippen molar-refractivity contribution in [1.82, 2.24) is 14.5 Å². The van der Waals surface area contributed by atoms with E-state index >= 15 is 0 Å². The first kappa shape index (κ1) is 26.7. The van der Waals surface area contributed by atoms with Crippen LogP contribution in [0.4, 0.5) is 0 Å². The highest BCUT2D eigenvalue weighted by Gasteiger charge is 2.49. The van der Waals surface area contributed by atoms with Gasteiger partial charge >= 0.3 is 7.60 Å². The summed E-state index contributed by atoms with van der Waals surface area (Å²) in [5.74, 6) is 3.97. The monoisotopic (exact) mass is 541 g/mol. The smallest absolute Gasteiger partial charge is 0.324 e. The van der Waals surface area contributed by atoms with Gasteiger partial charge in [-0.05, 0) is 93.1 Å². The predicted molar refractivity (Wildman–Crippen MR) is 150 cm³/mol. The van der Waals surface area contributed by atoms with Crippen molar-refractivity contribution < 1.29 is 14.4 Å². The van der Waals surface area contributed by atoms with Gasteiger partial charge in [-0.2, -0.15) is 0 Å². The Morgan fingerprint density at radius 2 is 1.71 bits per heavy atom. The molecule has 38 heavy (non-hydrogen) atoms. The van der Waals surface area contributed by atoms with Crippen molar-refractivity contribution in [3.05, 3.63) is 40.3 Å². The van der Waals surface area contributed by atoms with Crippen LogP contribution < -0.4 is 5.56 Å². The zero-order valence-electron chi connectivity index (χ0n) is 23.1. The molecule has 1 aromatic carbocycles. The summed E-state index contributed by atoms with van der Waals surface area (Å²) >= 11 is 0. The second-order valence-corrected chi connectivity index (χ2v) is 15.0. The van der Waals surface area contributed by atoms with Crippen LogP contribution in [0.15, 0.2) is 29.1 Å². The van der Waals surface area contributed by atoms with Gasteiger partial charge in [0.15, 0.2) is 0 Å². The van der Waals surface area contributed by atoms with E-state index in [0.717, 1.165) is 47.5 Å². The van der Waals surface area contributed by atoms with Gasteiger partial charge in [0.2, 0.25) is 0 Å². The molecule has 2 N–H and O–H groups in total. The Balaban J connectivity index is 1.32. The first-order valence-corrected chi connectivity index (χ1v) is 16.7. The fourth-order valence-electron chi connectivity index (χ4n) is 8.93. The molecular formula is C30H44N3O4P. The van der Waals surface area contributed by atoms with Crippen molar-refractivity contribution in [1.29, 1.82) is 0 Å². The van der Waals surface area contributed by atoms with Crippen molar-refractivity contribution in [2.75, 3.05) is 6.16 Å². The van der Waals surface area contributed by atoms with Crippen LogP contribution in [0.2, 0.25) is 0 Å². The number of fused-ring (bicyclic) bond motifs is 5. The lowest BCUT2D eigenvalue weighted by atomic mass is 9.61. The minimum absolute atomic E-state index is 0.00247. The minimum atomic E-state index is -4.22. The Morgan fingerprint density at radius 3 is 2.50 bits per heavy atom. The lowest BCUT2D eigenvalue weighted by Crippen LogP contribution is -2.61. The molecule has 4 aliphatic rings. The second kappa shape index (κ2) is 10.1. The van der Waals surface area contributed by atoms with Crippen LogP contribution in [0.3, 0.4) is 0 Å². The number of benzene rings is 1. The van der Waals surface area contributed by atoms with Crippen LogP contribution in [0.25, 0.3) is 11.0 Å². The lowest BCUT2D eigenvalue weighted by Gasteiger charge is -2.58. The minimum Gasteiger partial charge on any atom is -0.324 e. The van der Waals surface area contributed by atoms with E-state index in [2.05, 4.69) is 30.7 Å². The first-order valence-electron chi connectivity index (χ1n) is 14.9. The fraction of sp³-hybridized carbons (Fsp3) is 0.733. The van der Waals surface area contributed by atoms with E-state index in [1.807, 2.05) is 28.8 Å². The quantitative estimate of drug-likeness (QED) is 0.494. The number of rotatable bonds is 5. The molecule has 7 nitrogen and oxygen atoms in total. The Hall–Kier alpha value is -1.53. The summed E-state index contributed by atoms with van der Waals surface area (Å²) in [6, 6.07) is 9.47. The van der Waals surface area contributed by atoms with E-state index in [9.17, 15) is 19.1 Å². The third-order valence-corrected chi connectivity index (χ3v) is 11.7. The fourth-order valence-corrected chi connectivity index (χ4v) is 9.43. The molecule has 2 aromatic rings. The second-order valence-electron chi connectivity index (χ2n) is 13.3. The summed E-state index contributed by atoms with van der Waals surface area (Å²) in [5, 5.41) is 0. The van der Waals surface area contributed by atoms with E-state index in [1.165, 1.54) is 38.5 Å². The number of nitrogens with zero attached hydrogens (tertiary/aromatic N) is 3. The van der Waals surface area contributed by atoms with E-state index in [1.54, 1.807) is 0 Å². The molecule has 2 saturated heterocycles. The average Bonchev–Trinajstić information content (AvgIpc) is 2.87. The number of para-hydroxylation sites is 2. The topological polar surface area (TPSA) is 95.7 Å². The highest BCUT2D eigenvalue weighted by Crippen LogP contribution is 2.51. The van der Waals surface area contributed by atoms with Gasteiger partial charge in [0.1, 0.15) is 5.69 Å². The Labute approximate surface area is 226 Å². The molecule has 4 fully saturated rings. The summed E-state index contributed by atoms with van der Waals surface area (Å²) in [4.78, 5) is 40.2. The highest BCUT2D eigenvalue weighted by molar-refractivity contribution is 7.51. The molecule has 9 atom stereocenters. The van der Waals surface area contributed by atoms with Crippen LogP contribution in [0.1, 0.15) is 83.9 Å². The molecule has 6 rings (SSSR count). The van der Waals surface area contributed by atoms with Crippen LogP contribution >= 0.6 is 7.60 Å². The zero-order valence-corrected chi connectivity index (χ0v) is 24.0. The van der Waals surface area contributed by atoms with Crippen LogP contribution in [-0.2, 0) is 11.0 Å². The van der Waals surface area contributed by atoms with Crippen molar-refractivity contribution in [2.45, 2.75) is 103 Å². The van der Waals surface area contributed by atoms with Gasteiger partial charge in [-0.25, -0.2) is 4.98 Å². The zero-order chi connectivity index (χ0) is 26.8. The van der Waals surface area contributed by atoms with Crippen LogP contribution in [-0.4, -0.2) is 48.5 Å². The molecule has 0 amide bonds. The molecule has 2 aliphatic carbocycles. The number of hydrogen-bond acceptors (Lipinski definition) is 4. The number of hydrogen-bond donors (Lipinski definition) is 2.